The van der Waals surface area contributed by atoms with Crippen LogP contribution in [0.2, 0.25) is 5.02 Å². The number of nitrogens with zero attached hydrogens (tertiary/aromatic N) is 1. The van der Waals surface area contributed by atoms with Crippen molar-refractivity contribution < 1.29 is 14.4 Å². The van der Waals surface area contributed by atoms with Crippen LogP contribution in [0.3, 0.4) is 0 Å². The summed E-state index contributed by atoms with van der Waals surface area (Å²) in [6.45, 7) is 8.65. The van der Waals surface area contributed by atoms with Crippen LogP contribution in [-0.4, -0.2) is 22.6 Å². The van der Waals surface area contributed by atoms with Crippen molar-refractivity contribution in [3.63, 3.8) is 0 Å². The summed E-state index contributed by atoms with van der Waals surface area (Å²) < 4.78 is 14.1. The molecule has 0 aliphatic heterocycles. The first-order chi connectivity index (χ1) is 14.7. The highest BCUT2D eigenvalue weighted by molar-refractivity contribution is 6.30. The van der Waals surface area contributed by atoms with Crippen LogP contribution in [0.25, 0.3) is 0 Å². The van der Waals surface area contributed by atoms with Gasteiger partial charge < -0.3 is 5.32 Å². The number of unbranched alkanes of at least 4 members (excludes halogenated alkanes) is 1. The second-order valence-corrected chi connectivity index (χ2v) is 8.91. The number of hydroxylamine groups is 1. The highest BCUT2D eigenvalue weighted by Crippen LogP contribution is 2.22. The van der Waals surface area contributed by atoms with Crippen molar-refractivity contribution in [3.8, 4) is 0 Å². The number of aryl methyl sites for hydroxylation is 1. The van der Waals surface area contributed by atoms with Crippen LogP contribution >= 0.6 is 11.6 Å². The lowest BCUT2D eigenvalue weighted by Crippen LogP contribution is -2.30. The first-order valence-electron chi connectivity index (χ1n) is 10.8. The van der Waals surface area contributed by atoms with Crippen molar-refractivity contribution in [2.45, 2.75) is 59.4 Å². The molecule has 0 saturated carbocycles. The molecule has 5 nitrogen and oxygen atoms in total. The predicted molar refractivity (Wildman–Crippen MR) is 122 cm³/mol. The molecule has 0 aliphatic carbocycles. The molecule has 7 heteroatoms. The van der Waals surface area contributed by atoms with E-state index in [9.17, 15) is 9.18 Å². The van der Waals surface area contributed by atoms with Gasteiger partial charge in [-0.25, -0.2) is 9.87 Å². The number of hydrogen-bond donors (Lipinski definition) is 3. The zero-order valence-electron chi connectivity index (χ0n) is 18.7. The average molecular weight is 450 g/mol. The third kappa shape index (κ3) is 7.56. The maximum absolute atomic E-state index is 14.1. The van der Waals surface area contributed by atoms with Gasteiger partial charge in [-0.05, 0) is 80.5 Å². The van der Waals surface area contributed by atoms with Gasteiger partial charge in [0.2, 0.25) is 5.91 Å². The Morgan fingerprint density at radius 2 is 1.97 bits per heavy atom. The normalized spacial score (nSPS) is 13.3. The zero-order chi connectivity index (χ0) is 23.0. The second-order valence-electron chi connectivity index (χ2n) is 8.47. The van der Waals surface area contributed by atoms with Gasteiger partial charge in [0.05, 0.1) is 16.8 Å². The first kappa shape index (κ1) is 25.2. The van der Waals surface area contributed by atoms with Gasteiger partial charge in [-0.1, -0.05) is 37.9 Å². The summed E-state index contributed by atoms with van der Waals surface area (Å²) in [6, 6.07) is 7.28. The number of hydrogen-bond acceptors (Lipinski definition) is 4. The van der Waals surface area contributed by atoms with E-state index < -0.39 is 11.8 Å². The lowest BCUT2D eigenvalue weighted by Gasteiger charge is -2.22. The Kier molecular flexibility index (Phi) is 9.88. The van der Waals surface area contributed by atoms with Crippen molar-refractivity contribution in [1.29, 1.82) is 0 Å². The fourth-order valence-electron chi connectivity index (χ4n) is 3.73. The van der Waals surface area contributed by atoms with Crippen molar-refractivity contribution in [2.24, 2.45) is 11.8 Å². The number of carbonyl (C=O) groups excluding carboxylic acids is 1. The largest absolute Gasteiger partial charge is 0.308 e. The molecular weight excluding hydrogens is 417 g/mol. The molecule has 1 amide bonds. The summed E-state index contributed by atoms with van der Waals surface area (Å²) in [5, 5.41) is 13.3. The highest BCUT2D eigenvalue weighted by Gasteiger charge is 2.20. The van der Waals surface area contributed by atoms with Crippen LogP contribution in [0.5, 0.6) is 0 Å². The van der Waals surface area contributed by atoms with E-state index in [2.05, 4.69) is 24.1 Å². The minimum absolute atomic E-state index is 0.118. The van der Waals surface area contributed by atoms with Gasteiger partial charge in [0.15, 0.2) is 0 Å². The zero-order valence-corrected chi connectivity index (χ0v) is 19.5. The average Bonchev–Trinajstić information content (AvgIpc) is 2.73. The molecule has 1 heterocycles. The summed E-state index contributed by atoms with van der Waals surface area (Å²) in [6.07, 6.45) is 4.32. The van der Waals surface area contributed by atoms with Crippen molar-refractivity contribution in [2.75, 3.05) is 6.54 Å². The van der Waals surface area contributed by atoms with Crippen molar-refractivity contribution >= 4 is 17.5 Å². The summed E-state index contributed by atoms with van der Waals surface area (Å²) in [4.78, 5) is 16.6. The summed E-state index contributed by atoms with van der Waals surface area (Å²) in [7, 11) is 0. The minimum atomic E-state index is -0.433. The van der Waals surface area contributed by atoms with Gasteiger partial charge in [-0.3, -0.25) is 15.0 Å². The molecule has 31 heavy (non-hydrogen) atoms. The smallest absolute Gasteiger partial charge is 0.246 e. The standard InChI is InChI=1S/C24H33ClFN3O2/c1-15(2)23(22-9-8-20(25)14-28-22)27-10-6-5-7-19(24(30)29-31)12-18-11-16(3)17(4)21(26)13-18/h8-9,11,13-15,19,23,27,31H,5-7,10,12H2,1-4H3,(H,29,30)/t19-,23+/m0/s1. The Labute approximate surface area is 189 Å². The fraction of sp³-hybridized carbons (Fsp3) is 0.500. The van der Waals surface area contributed by atoms with Crippen LogP contribution in [-0.2, 0) is 11.2 Å². The molecular formula is C24H33ClFN3O2. The molecule has 170 valence electrons. The maximum atomic E-state index is 14.1. The minimum Gasteiger partial charge on any atom is -0.308 e. The van der Waals surface area contributed by atoms with E-state index >= 15 is 0 Å². The number of rotatable bonds is 11. The van der Waals surface area contributed by atoms with Crippen LogP contribution in [0, 0.1) is 31.5 Å². The van der Waals surface area contributed by atoms with Crippen LogP contribution in [0.15, 0.2) is 30.5 Å². The lowest BCUT2D eigenvalue weighted by molar-refractivity contribution is -0.133. The number of amides is 1. The van der Waals surface area contributed by atoms with Gasteiger partial charge in [-0.2, -0.15) is 0 Å². The Hall–Kier alpha value is -2.02. The number of aromatic nitrogens is 1. The van der Waals surface area contributed by atoms with E-state index in [1.165, 1.54) is 6.07 Å². The molecule has 1 aromatic carbocycles. The summed E-state index contributed by atoms with van der Waals surface area (Å²) in [5.74, 6) is -0.749. The van der Waals surface area contributed by atoms with Crippen LogP contribution in [0.4, 0.5) is 4.39 Å². The monoisotopic (exact) mass is 449 g/mol. The molecule has 0 radical (unpaired) electrons. The first-order valence-corrected chi connectivity index (χ1v) is 11.1. The van der Waals surface area contributed by atoms with E-state index in [1.807, 2.05) is 25.1 Å². The topological polar surface area (TPSA) is 74.2 Å². The third-order valence-corrected chi connectivity index (χ3v) is 5.93. The predicted octanol–water partition coefficient (Wildman–Crippen LogP) is 5.31. The van der Waals surface area contributed by atoms with Crippen molar-refractivity contribution in [1.82, 2.24) is 15.8 Å². The molecule has 2 rings (SSSR count). The second kappa shape index (κ2) is 12.1. The van der Waals surface area contributed by atoms with Crippen LogP contribution in [0.1, 0.15) is 61.5 Å². The van der Waals surface area contributed by atoms with Gasteiger partial charge in [0.1, 0.15) is 5.82 Å². The van der Waals surface area contributed by atoms with E-state index in [0.717, 1.165) is 36.2 Å². The SMILES string of the molecule is Cc1cc(C[C@H](CCCCN[C@@H](c2ccc(Cl)cn2)C(C)C)C(=O)NO)cc(F)c1C. The molecule has 2 atom stereocenters. The maximum Gasteiger partial charge on any atom is 0.246 e. The molecule has 0 bridgehead atoms. The van der Waals surface area contributed by atoms with E-state index in [1.54, 1.807) is 18.6 Å². The van der Waals surface area contributed by atoms with Gasteiger partial charge in [-0.15, -0.1) is 0 Å². The van der Waals surface area contributed by atoms with E-state index in [0.29, 0.717) is 29.3 Å². The number of nitrogens with one attached hydrogen (secondary N) is 2. The molecule has 0 fully saturated rings. The van der Waals surface area contributed by atoms with Crippen LogP contribution < -0.4 is 10.8 Å². The van der Waals surface area contributed by atoms with E-state index in [-0.39, 0.29) is 11.9 Å². The number of benzene rings is 1. The summed E-state index contributed by atoms with van der Waals surface area (Å²) >= 11 is 5.94. The summed E-state index contributed by atoms with van der Waals surface area (Å²) in [5.41, 5.74) is 4.95. The third-order valence-electron chi connectivity index (χ3n) is 5.71. The molecule has 3 N–H and O–H groups in total. The molecule has 0 spiro atoms. The Bertz CT molecular complexity index is 835. The molecule has 2 aromatic rings. The van der Waals surface area contributed by atoms with Gasteiger partial charge >= 0.3 is 0 Å². The molecule has 0 saturated heterocycles. The fourth-order valence-corrected chi connectivity index (χ4v) is 3.85. The van der Waals surface area contributed by atoms with Gasteiger partial charge in [0.25, 0.3) is 0 Å². The molecule has 1 aromatic heterocycles. The molecule has 0 unspecified atom stereocenters. The Morgan fingerprint density at radius 3 is 2.55 bits per heavy atom. The lowest BCUT2D eigenvalue weighted by atomic mass is 9.91. The number of halogens is 2. The molecule has 0 aliphatic rings. The Balaban J connectivity index is 1.89. The van der Waals surface area contributed by atoms with Gasteiger partial charge in [0, 0.05) is 12.1 Å². The van der Waals surface area contributed by atoms with E-state index in [4.69, 9.17) is 16.8 Å². The number of pyridine rings is 1. The Morgan fingerprint density at radius 1 is 1.23 bits per heavy atom. The highest BCUT2D eigenvalue weighted by atomic mass is 35.5. The van der Waals surface area contributed by atoms with Crippen molar-refractivity contribution in [3.05, 3.63) is 63.7 Å². The quantitative estimate of drug-likeness (QED) is 0.247. The number of carbonyl (C=O) groups is 1.